The van der Waals surface area contributed by atoms with Gasteiger partial charge in [-0.2, -0.15) is 0 Å². The summed E-state index contributed by atoms with van der Waals surface area (Å²) in [5, 5.41) is 0. The van der Waals surface area contributed by atoms with Gasteiger partial charge in [0.1, 0.15) is 0 Å². The van der Waals surface area contributed by atoms with Crippen LogP contribution in [0.4, 0.5) is 0 Å². The van der Waals surface area contributed by atoms with Gasteiger partial charge in [-0.3, -0.25) is 0 Å². The first-order valence-electron chi connectivity index (χ1n) is 17.8. The average Bonchev–Trinajstić information content (AvgIpc) is 3.65. The Labute approximate surface area is 306 Å². The SMILES string of the molecule is CCC1=Cc2c(-c3ccc(C(C)CC)cc3)cccc2[CH]1[Zr]([CH3])([CH3])(=[SiH2])[CH]1C(C(C)C)=Cc2c(-c3ccc(C(C)C)cc3)cccc21.Cl.Cl. The predicted molar refractivity (Wildman–Crippen MR) is 218 cm³/mol. The van der Waals surface area contributed by atoms with Crippen LogP contribution >= 0.6 is 24.8 Å². The minimum Gasteiger partial charge on any atom is -0.147 e. The van der Waals surface area contributed by atoms with Crippen LogP contribution in [0.3, 0.4) is 0 Å². The molecule has 0 aliphatic heterocycles. The Balaban J connectivity index is 0.00000260. The van der Waals surface area contributed by atoms with Crippen molar-refractivity contribution in [2.75, 3.05) is 0 Å². The Morgan fingerprint density at radius 3 is 1.54 bits per heavy atom. The predicted octanol–water partition coefficient (Wildman–Crippen LogP) is 13.5. The van der Waals surface area contributed by atoms with Crippen molar-refractivity contribution in [3.63, 3.8) is 0 Å². The fraction of sp³-hybridized carbons (Fsp3) is 0.364. The molecule has 0 spiro atoms. The summed E-state index contributed by atoms with van der Waals surface area (Å²) >= 11 is -3.68. The fourth-order valence-corrected chi connectivity index (χ4v) is 28.9. The molecule has 0 bridgehead atoms. The smallest absolute Gasteiger partial charge is 0.147 e. The molecule has 3 atom stereocenters. The van der Waals surface area contributed by atoms with Crippen LogP contribution in [0.25, 0.3) is 34.4 Å². The molecule has 254 valence electrons. The summed E-state index contributed by atoms with van der Waals surface area (Å²) in [4.78, 5) is 0. The van der Waals surface area contributed by atoms with Crippen LogP contribution in [0, 0.1) is 5.92 Å². The van der Waals surface area contributed by atoms with E-state index in [1.807, 2.05) is 0 Å². The van der Waals surface area contributed by atoms with Gasteiger partial charge in [-0.25, -0.2) is 0 Å². The molecule has 48 heavy (non-hydrogen) atoms. The van der Waals surface area contributed by atoms with Crippen LogP contribution in [0.15, 0.2) is 96.1 Å². The zero-order valence-electron chi connectivity index (χ0n) is 30.6. The van der Waals surface area contributed by atoms with Crippen molar-refractivity contribution in [2.24, 2.45) is 5.92 Å². The molecule has 3 unspecified atom stereocenters. The zero-order valence-corrected chi connectivity index (χ0v) is 36.1. The molecule has 0 fully saturated rings. The zero-order chi connectivity index (χ0) is 33.0. The van der Waals surface area contributed by atoms with Gasteiger partial charge in [-0.15, -0.1) is 24.8 Å². The van der Waals surface area contributed by atoms with Gasteiger partial charge in [0, 0.05) is 0 Å². The minimum atomic E-state index is -3.68. The van der Waals surface area contributed by atoms with E-state index in [1.165, 1.54) is 50.9 Å². The van der Waals surface area contributed by atoms with Crippen molar-refractivity contribution in [2.45, 2.75) is 89.7 Å². The van der Waals surface area contributed by atoms with Crippen molar-refractivity contribution in [3.8, 4) is 22.3 Å². The van der Waals surface area contributed by atoms with E-state index in [2.05, 4.69) is 162 Å². The Kier molecular flexibility index (Phi) is 11.9. The monoisotopic (exact) mass is 772 g/mol. The molecular formula is C44H56Cl2SiZr. The number of halogens is 2. The van der Waals surface area contributed by atoms with Crippen LogP contribution < -0.4 is 0 Å². The van der Waals surface area contributed by atoms with Crippen molar-refractivity contribution >= 4 is 43.8 Å². The summed E-state index contributed by atoms with van der Waals surface area (Å²) < 4.78 is 6.63. The first kappa shape index (κ1) is 38.8. The van der Waals surface area contributed by atoms with E-state index in [4.69, 9.17) is 0 Å². The summed E-state index contributed by atoms with van der Waals surface area (Å²) in [6.07, 6.45) is 7.50. The molecule has 4 aromatic rings. The van der Waals surface area contributed by atoms with Crippen molar-refractivity contribution in [1.82, 2.24) is 0 Å². The minimum absolute atomic E-state index is 0. The molecule has 2 aliphatic rings. The van der Waals surface area contributed by atoms with Gasteiger partial charge in [0.2, 0.25) is 0 Å². The Hall–Kier alpha value is -1.96. The fourth-order valence-electron chi connectivity index (χ4n) is 8.82. The molecule has 0 saturated heterocycles. The van der Waals surface area contributed by atoms with E-state index in [1.54, 1.807) is 22.3 Å². The van der Waals surface area contributed by atoms with Gasteiger partial charge < -0.3 is 0 Å². The third-order valence-electron chi connectivity index (χ3n) is 11.5. The second kappa shape index (κ2) is 14.7. The molecule has 4 heteroatoms. The van der Waals surface area contributed by atoms with E-state index < -0.39 is 17.4 Å². The molecule has 0 nitrogen and oxygen atoms in total. The molecule has 0 amide bonds. The van der Waals surface area contributed by atoms with E-state index in [0.717, 1.165) is 6.42 Å². The maximum absolute atomic E-state index is 3.68. The quantitative estimate of drug-likeness (QED) is 0.149. The third-order valence-corrected chi connectivity index (χ3v) is 28.9. The number of fused-ring (bicyclic) bond motifs is 2. The largest absolute Gasteiger partial charge is 0.147 e. The van der Waals surface area contributed by atoms with Gasteiger partial charge in [-0.05, 0) is 0 Å². The molecule has 2 aliphatic carbocycles. The normalized spacial score (nSPS) is 17.7. The maximum atomic E-state index is 2.79. The number of rotatable bonds is 9. The average molecular weight is 775 g/mol. The van der Waals surface area contributed by atoms with Crippen molar-refractivity contribution < 1.29 is 17.4 Å². The number of hydrogen-bond acceptors (Lipinski definition) is 0. The molecule has 0 heterocycles. The van der Waals surface area contributed by atoms with Crippen molar-refractivity contribution in [1.29, 1.82) is 0 Å². The molecule has 4 aromatic carbocycles. The van der Waals surface area contributed by atoms with Gasteiger partial charge in [-0.1, -0.05) is 0 Å². The Morgan fingerprint density at radius 2 is 1.08 bits per heavy atom. The molecule has 0 saturated carbocycles. The van der Waals surface area contributed by atoms with Crippen LogP contribution in [-0.4, -0.2) is 6.88 Å². The van der Waals surface area contributed by atoms with Crippen LogP contribution in [0.5, 0.6) is 0 Å². The van der Waals surface area contributed by atoms with E-state index in [0.29, 0.717) is 25.0 Å². The molecule has 0 N–H and O–H groups in total. The van der Waals surface area contributed by atoms with Crippen LogP contribution in [0.2, 0.25) is 9.26 Å². The summed E-state index contributed by atoms with van der Waals surface area (Å²) in [5.74, 6) is 1.65. The van der Waals surface area contributed by atoms with E-state index >= 15 is 0 Å². The Morgan fingerprint density at radius 1 is 0.604 bits per heavy atom. The van der Waals surface area contributed by atoms with E-state index in [9.17, 15) is 0 Å². The van der Waals surface area contributed by atoms with Crippen LogP contribution in [0.1, 0.15) is 114 Å². The van der Waals surface area contributed by atoms with Gasteiger partial charge in [0.15, 0.2) is 0 Å². The first-order valence-corrected chi connectivity index (χ1v) is 31.5. The number of allylic oxidation sites excluding steroid dienone is 2. The number of benzene rings is 4. The summed E-state index contributed by atoms with van der Waals surface area (Å²) in [7, 11) is 0. The first-order chi connectivity index (χ1) is 21.8. The Bertz CT molecular complexity index is 1900. The second-order valence-corrected chi connectivity index (χ2v) is 46.5. The third kappa shape index (κ3) is 6.74. The standard InChI is InChI=1S/2C21H23.2CH3.2ClH.H2Si.Zr/c1-14(2)16-8-10-17(11-9-16)20-7-5-6-18-12-19(15(3)4)13-21(18)20;1-4-15(3)17-9-11-18(12-10-17)20-8-6-7-19-13-16(5-2)14-21(19)20;;;;;;/h5-15H,1-4H3;6-15H,4-5H2,1-3H3;2*1H3;2*1H;1H2;. The number of hydrogen-bond donors (Lipinski definition) is 0. The molecule has 0 aromatic heterocycles. The van der Waals surface area contributed by atoms with Gasteiger partial charge in [0.05, 0.1) is 0 Å². The molecular weight excluding hydrogens is 719 g/mol. The maximum Gasteiger partial charge on any atom is -0.147 e. The molecule has 6 rings (SSSR count). The summed E-state index contributed by atoms with van der Waals surface area (Å²) in [5.41, 5.74) is 17.8. The topological polar surface area (TPSA) is 0 Å². The van der Waals surface area contributed by atoms with Crippen LogP contribution in [-0.2, 0) is 17.4 Å². The van der Waals surface area contributed by atoms with Gasteiger partial charge in [0.25, 0.3) is 0 Å². The summed E-state index contributed by atoms with van der Waals surface area (Å²) in [6.45, 7) is 18.9. The molecule has 0 radical (unpaired) electrons. The van der Waals surface area contributed by atoms with E-state index in [-0.39, 0.29) is 24.8 Å². The van der Waals surface area contributed by atoms with Gasteiger partial charge >= 0.3 is 284 Å². The van der Waals surface area contributed by atoms with Crippen molar-refractivity contribution in [3.05, 3.63) is 129 Å². The second-order valence-electron chi connectivity index (χ2n) is 16.0. The summed E-state index contributed by atoms with van der Waals surface area (Å²) in [6, 6.07) is 33.1.